The monoisotopic (exact) mass is 578 g/mol. The predicted octanol–water partition coefficient (Wildman–Crippen LogP) is 3.52. The summed E-state index contributed by atoms with van der Waals surface area (Å²) < 4.78 is 18.0. The van der Waals surface area contributed by atoms with Crippen molar-refractivity contribution in [1.29, 1.82) is 0 Å². The van der Waals surface area contributed by atoms with Crippen LogP contribution in [-0.4, -0.2) is 81.7 Å². The quantitative estimate of drug-likeness (QED) is 0.311. The number of rotatable bonds is 7. The number of hydrogen-bond donors (Lipinski definition) is 5. The van der Waals surface area contributed by atoms with Gasteiger partial charge in [-0.05, 0) is 111 Å². The maximum atomic E-state index is 10.4. The van der Waals surface area contributed by atoms with E-state index in [1.54, 1.807) is 0 Å². The number of aliphatic hydroxyl groups is 5. The molecule has 0 aromatic rings. The Labute approximate surface area is 245 Å². The number of aliphatic hydroxyl groups excluding tert-OH is 5. The molecule has 0 unspecified atom stereocenters. The fourth-order valence-electron chi connectivity index (χ4n) is 10.7. The topological polar surface area (TPSA) is 129 Å². The Morgan fingerprint density at radius 3 is 2.44 bits per heavy atom. The maximum absolute atomic E-state index is 10.4. The Kier molecular flexibility index (Phi) is 8.36. The molecule has 6 aliphatic rings. The maximum Gasteiger partial charge on any atom is 0.186 e. The molecule has 41 heavy (non-hydrogen) atoms. The van der Waals surface area contributed by atoms with Gasteiger partial charge in [0.25, 0.3) is 0 Å². The molecule has 4 saturated carbocycles. The van der Waals surface area contributed by atoms with Gasteiger partial charge in [0.1, 0.15) is 30.5 Å². The summed E-state index contributed by atoms with van der Waals surface area (Å²) >= 11 is 0. The molecular weight excluding hydrogens is 524 g/mol. The van der Waals surface area contributed by atoms with Crippen LogP contribution >= 0.6 is 0 Å². The summed E-state index contributed by atoms with van der Waals surface area (Å²) in [6.07, 6.45) is 5.25. The second kappa shape index (κ2) is 11.3. The predicted molar refractivity (Wildman–Crippen MR) is 152 cm³/mol. The Balaban J connectivity index is 1.06. The first-order chi connectivity index (χ1) is 19.5. The largest absolute Gasteiger partial charge is 0.494 e. The number of ether oxygens (including phenoxy) is 3. The molecule has 2 aliphatic heterocycles. The van der Waals surface area contributed by atoms with E-state index in [0.717, 1.165) is 49.2 Å². The zero-order valence-electron chi connectivity index (χ0n) is 25.5. The van der Waals surface area contributed by atoms with Crippen LogP contribution in [0, 0.1) is 46.3 Å². The summed E-state index contributed by atoms with van der Waals surface area (Å²) in [5.74, 6) is 4.82. The normalized spacial score (nSPS) is 51.8. The Morgan fingerprint density at radius 1 is 0.927 bits per heavy atom. The van der Waals surface area contributed by atoms with Crippen molar-refractivity contribution in [2.24, 2.45) is 46.3 Å². The van der Waals surface area contributed by atoms with Crippen LogP contribution in [0.3, 0.4) is 0 Å². The lowest BCUT2D eigenvalue weighted by Crippen LogP contribution is -2.59. The molecule has 5 fully saturated rings. The fraction of sp³-hybridized carbons (Fsp3) is 0.939. The van der Waals surface area contributed by atoms with Crippen molar-refractivity contribution >= 4 is 0 Å². The molecule has 0 spiro atoms. The van der Waals surface area contributed by atoms with E-state index >= 15 is 0 Å². The number of allylic oxidation sites excluding steroid dienone is 1. The van der Waals surface area contributed by atoms with Crippen LogP contribution in [0.2, 0.25) is 0 Å². The Hall–Kier alpha value is -0.740. The Morgan fingerprint density at radius 2 is 1.68 bits per heavy atom. The van der Waals surface area contributed by atoms with E-state index in [1.165, 1.54) is 44.1 Å². The first kappa shape index (κ1) is 30.3. The highest BCUT2D eigenvalue weighted by molar-refractivity contribution is 5.26. The molecule has 5 N–H and O–H groups in total. The van der Waals surface area contributed by atoms with Crippen LogP contribution in [0.25, 0.3) is 0 Å². The summed E-state index contributed by atoms with van der Waals surface area (Å²) in [5.41, 5.74) is 2.14. The molecule has 8 nitrogen and oxygen atoms in total. The third-order valence-corrected chi connectivity index (χ3v) is 13.1. The first-order valence-electron chi connectivity index (χ1n) is 16.4. The first-order valence-corrected chi connectivity index (χ1v) is 16.4. The van der Waals surface area contributed by atoms with Gasteiger partial charge in [-0.2, -0.15) is 0 Å². The smallest absolute Gasteiger partial charge is 0.186 e. The lowest BCUT2D eigenvalue weighted by molar-refractivity contribution is -0.303. The van der Waals surface area contributed by atoms with E-state index in [9.17, 15) is 25.5 Å². The third kappa shape index (κ3) is 5.01. The molecule has 0 bridgehead atoms. The average molecular weight is 579 g/mol. The van der Waals surface area contributed by atoms with Crippen LogP contribution in [0.15, 0.2) is 11.3 Å². The highest BCUT2D eigenvalue weighted by Gasteiger charge is 2.64. The van der Waals surface area contributed by atoms with Gasteiger partial charge in [-0.25, -0.2) is 0 Å². The van der Waals surface area contributed by atoms with E-state index in [2.05, 4.69) is 27.7 Å². The van der Waals surface area contributed by atoms with Crippen molar-refractivity contribution in [3.8, 4) is 0 Å². The van der Waals surface area contributed by atoms with E-state index in [0.29, 0.717) is 29.3 Å². The van der Waals surface area contributed by atoms with Crippen molar-refractivity contribution in [1.82, 2.24) is 0 Å². The van der Waals surface area contributed by atoms with E-state index in [1.807, 2.05) is 0 Å². The van der Waals surface area contributed by atoms with Gasteiger partial charge in [-0.3, -0.25) is 0 Å². The van der Waals surface area contributed by atoms with Gasteiger partial charge in [0, 0.05) is 12.3 Å². The number of hydrogen-bond acceptors (Lipinski definition) is 8. The van der Waals surface area contributed by atoms with Crippen LogP contribution in [0.4, 0.5) is 0 Å². The van der Waals surface area contributed by atoms with Gasteiger partial charge in [-0.15, -0.1) is 0 Å². The molecule has 0 radical (unpaired) electrons. The van der Waals surface area contributed by atoms with Gasteiger partial charge >= 0.3 is 0 Å². The van der Waals surface area contributed by atoms with Crippen molar-refractivity contribution in [2.45, 2.75) is 135 Å². The summed E-state index contributed by atoms with van der Waals surface area (Å²) in [4.78, 5) is 0. The average Bonchev–Trinajstić information content (AvgIpc) is 3.43. The third-order valence-electron chi connectivity index (χ3n) is 13.1. The highest BCUT2D eigenvalue weighted by Crippen LogP contribution is 2.69. The highest BCUT2D eigenvalue weighted by atomic mass is 16.7. The van der Waals surface area contributed by atoms with Crippen molar-refractivity contribution in [3.05, 3.63) is 11.3 Å². The van der Waals surface area contributed by atoms with Gasteiger partial charge < -0.3 is 39.7 Å². The second-order valence-corrected chi connectivity index (χ2v) is 15.3. The van der Waals surface area contributed by atoms with E-state index in [-0.39, 0.29) is 18.1 Å². The van der Waals surface area contributed by atoms with Crippen LogP contribution in [0.1, 0.15) is 91.9 Å². The Bertz CT molecular complexity index is 984. The van der Waals surface area contributed by atoms with Gasteiger partial charge in [-0.1, -0.05) is 20.8 Å². The molecule has 1 saturated heterocycles. The lowest BCUT2D eigenvalue weighted by Gasteiger charge is -2.60. The minimum atomic E-state index is -1.42. The van der Waals surface area contributed by atoms with E-state index in [4.69, 9.17) is 14.2 Å². The zero-order valence-corrected chi connectivity index (χ0v) is 25.5. The summed E-state index contributed by atoms with van der Waals surface area (Å²) in [6.45, 7) is 9.39. The summed E-state index contributed by atoms with van der Waals surface area (Å²) in [5, 5.41) is 50.0. The molecule has 4 aliphatic carbocycles. The molecule has 234 valence electrons. The van der Waals surface area contributed by atoms with Crippen LogP contribution in [-0.2, 0) is 14.2 Å². The van der Waals surface area contributed by atoms with Crippen molar-refractivity contribution < 1.29 is 39.7 Å². The number of fused-ring (bicyclic) bond motifs is 7. The van der Waals surface area contributed by atoms with Gasteiger partial charge in [0.15, 0.2) is 6.29 Å². The van der Waals surface area contributed by atoms with Crippen LogP contribution < -0.4 is 0 Å². The zero-order chi connectivity index (χ0) is 29.3. The minimum absolute atomic E-state index is 0.0917. The SMILES string of the molecule is CC1=C(CC[C@@H](C)CO[C@@H]2O[C@H](CO)[C@@H](O)[C@H](O)[C@H]2O)O[C@H]2C[C@H]3[C@@H]4CC[C@H]5C[C@@H](O)CC[C@]5(C)[C@H]4CC[C@]3(C)[C@@H]12. The molecule has 0 aromatic carbocycles. The standard InChI is InChI=1S/C33H54O8/c1-17(16-39-31-30(38)29(37)28(36)26(15-34)41-31)5-8-24-18(2)27-25(40-24)14-23-21-7-6-19-13-20(35)9-11-32(19,3)22(21)10-12-33(23,27)4/h17,19-23,25-31,34-38H,5-16H2,1-4H3/t17-,19+,20+,21-,22+,23+,25+,26-,27+,28-,29+,30-,31-,32+,33+/m1/s1. The van der Waals surface area contributed by atoms with Crippen molar-refractivity contribution in [2.75, 3.05) is 13.2 Å². The minimum Gasteiger partial charge on any atom is -0.494 e. The fourth-order valence-corrected chi connectivity index (χ4v) is 10.7. The van der Waals surface area contributed by atoms with Gasteiger partial charge in [0.2, 0.25) is 0 Å². The molecule has 0 amide bonds. The molecule has 15 atom stereocenters. The van der Waals surface area contributed by atoms with Crippen molar-refractivity contribution in [3.63, 3.8) is 0 Å². The summed E-state index contributed by atoms with van der Waals surface area (Å²) in [7, 11) is 0. The molecule has 2 heterocycles. The summed E-state index contributed by atoms with van der Waals surface area (Å²) in [6, 6.07) is 0. The lowest BCUT2D eigenvalue weighted by atomic mass is 9.44. The molecule has 0 aromatic heterocycles. The molecular formula is C33H54O8. The van der Waals surface area contributed by atoms with Gasteiger partial charge in [0.05, 0.1) is 25.1 Å². The molecule has 6 rings (SSSR count). The molecule has 8 heteroatoms. The second-order valence-electron chi connectivity index (χ2n) is 15.3. The van der Waals surface area contributed by atoms with E-state index < -0.39 is 37.3 Å². The van der Waals surface area contributed by atoms with Crippen LogP contribution in [0.5, 0.6) is 0 Å².